The van der Waals surface area contributed by atoms with Gasteiger partial charge in [0, 0.05) is 30.5 Å². The number of urea groups is 1. The number of amides is 3. The molecule has 0 aliphatic rings. The number of para-hydroxylation sites is 1. The molecular weight excluding hydrogens is 394 g/mol. The lowest BCUT2D eigenvalue weighted by atomic mass is 10.2. The van der Waals surface area contributed by atoms with Gasteiger partial charge in [-0.1, -0.05) is 18.2 Å². The van der Waals surface area contributed by atoms with Crippen molar-refractivity contribution in [3.8, 4) is 5.69 Å². The summed E-state index contributed by atoms with van der Waals surface area (Å²) in [5.74, 6) is -0.103. The number of nitrogens with one attached hydrogen (secondary N) is 3. The number of nitrogens with zero attached hydrogens (tertiary/aromatic N) is 2. The van der Waals surface area contributed by atoms with Gasteiger partial charge in [-0.2, -0.15) is 5.10 Å². The second kappa shape index (κ2) is 9.45. The van der Waals surface area contributed by atoms with Gasteiger partial charge in [0.1, 0.15) is 0 Å². The molecule has 156 valence electrons. The van der Waals surface area contributed by atoms with Gasteiger partial charge in [0.2, 0.25) is 0 Å². The molecule has 0 atom stereocenters. The molecule has 0 radical (unpaired) electrons. The highest BCUT2D eigenvalue weighted by Gasteiger charge is 2.09. The topological polar surface area (TPSA) is 101 Å². The van der Waals surface area contributed by atoms with E-state index in [1.807, 2.05) is 47.3 Å². The Morgan fingerprint density at radius 2 is 1.61 bits per heavy atom. The van der Waals surface area contributed by atoms with E-state index in [-0.39, 0.29) is 17.7 Å². The van der Waals surface area contributed by atoms with Crippen LogP contribution in [0.3, 0.4) is 0 Å². The van der Waals surface area contributed by atoms with Crippen LogP contribution in [-0.4, -0.2) is 28.3 Å². The maximum atomic E-state index is 12.1. The number of rotatable bonds is 7. The van der Waals surface area contributed by atoms with Crippen LogP contribution < -0.4 is 16.0 Å². The number of anilines is 2. The largest absolute Gasteiger partial charge is 0.459 e. The van der Waals surface area contributed by atoms with Gasteiger partial charge in [0.05, 0.1) is 17.6 Å². The molecule has 0 bridgehead atoms. The molecule has 31 heavy (non-hydrogen) atoms. The van der Waals surface area contributed by atoms with Gasteiger partial charge in [-0.3, -0.25) is 4.79 Å². The van der Waals surface area contributed by atoms with Crippen LogP contribution in [0.2, 0.25) is 0 Å². The third kappa shape index (κ3) is 5.39. The smallest absolute Gasteiger partial charge is 0.319 e. The van der Waals surface area contributed by atoms with Gasteiger partial charge in [-0.15, -0.1) is 0 Å². The number of benzene rings is 2. The summed E-state index contributed by atoms with van der Waals surface area (Å²) in [7, 11) is 0. The van der Waals surface area contributed by atoms with E-state index in [9.17, 15) is 9.59 Å². The van der Waals surface area contributed by atoms with Crippen LogP contribution in [0.4, 0.5) is 16.2 Å². The molecule has 0 saturated heterocycles. The van der Waals surface area contributed by atoms with Gasteiger partial charge >= 0.3 is 6.03 Å². The lowest BCUT2D eigenvalue weighted by molar-refractivity contribution is 0.0996. The molecule has 2 aromatic heterocycles. The fourth-order valence-corrected chi connectivity index (χ4v) is 2.94. The monoisotopic (exact) mass is 415 g/mol. The summed E-state index contributed by atoms with van der Waals surface area (Å²) in [4.78, 5) is 24.1. The van der Waals surface area contributed by atoms with Crippen LogP contribution in [0.15, 0.2) is 89.7 Å². The number of carbonyl (C=O) groups excluding carboxylic acids is 2. The summed E-state index contributed by atoms with van der Waals surface area (Å²) >= 11 is 0. The molecule has 2 heterocycles. The molecule has 8 nitrogen and oxygen atoms in total. The van der Waals surface area contributed by atoms with E-state index in [2.05, 4.69) is 21.0 Å². The molecule has 0 fully saturated rings. The highest BCUT2D eigenvalue weighted by molar-refractivity contribution is 6.02. The number of hydrogen-bond acceptors (Lipinski definition) is 4. The van der Waals surface area contributed by atoms with Crippen LogP contribution in [-0.2, 0) is 6.42 Å². The van der Waals surface area contributed by atoms with Crippen LogP contribution in [0.25, 0.3) is 5.69 Å². The maximum absolute atomic E-state index is 12.1. The molecule has 3 N–H and O–H groups in total. The van der Waals surface area contributed by atoms with E-state index in [0.717, 1.165) is 11.4 Å². The van der Waals surface area contributed by atoms with E-state index < -0.39 is 0 Å². The average molecular weight is 415 g/mol. The van der Waals surface area contributed by atoms with Crippen LogP contribution in [0, 0.1) is 0 Å². The molecule has 2 aromatic carbocycles. The van der Waals surface area contributed by atoms with Crippen molar-refractivity contribution in [2.24, 2.45) is 0 Å². The van der Waals surface area contributed by atoms with Gasteiger partial charge in [0.15, 0.2) is 5.76 Å². The fourth-order valence-electron chi connectivity index (χ4n) is 2.94. The van der Waals surface area contributed by atoms with E-state index in [1.54, 1.807) is 36.4 Å². The third-order valence-corrected chi connectivity index (χ3v) is 4.48. The average Bonchev–Trinajstić information content (AvgIpc) is 3.48. The van der Waals surface area contributed by atoms with Crippen molar-refractivity contribution in [3.05, 3.63) is 96.7 Å². The van der Waals surface area contributed by atoms with E-state index in [4.69, 9.17) is 4.42 Å². The summed E-state index contributed by atoms with van der Waals surface area (Å²) in [5, 5.41) is 12.8. The minimum atomic E-state index is -0.335. The maximum Gasteiger partial charge on any atom is 0.319 e. The van der Waals surface area contributed by atoms with E-state index in [1.165, 1.54) is 6.26 Å². The minimum absolute atomic E-state index is 0.232. The van der Waals surface area contributed by atoms with Crippen molar-refractivity contribution < 1.29 is 14.0 Å². The number of furan rings is 1. The number of aromatic nitrogens is 2. The van der Waals surface area contributed by atoms with Gasteiger partial charge in [-0.25, -0.2) is 9.48 Å². The van der Waals surface area contributed by atoms with Crippen molar-refractivity contribution in [2.45, 2.75) is 6.42 Å². The third-order valence-electron chi connectivity index (χ3n) is 4.48. The zero-order valence-corrected chi connectivity index (χ0v) is 16.6. The first-order chi connectivity index (χ1) is 15.2. The van der Waals surface area contributed by atoms with Crippen molar-refractivity contribution >= 4 is 23.3 Å². The normalized spacial score (nSPS) is 10.5. The Morgan fingerprint density at radius 3 is 2.32 bits per heavy atom. The Kier molecular flexibility index (Phi) is 6.08. The first-order valence-corrected chi connectivity index (χ1v) is 9.77. The van der Waals surface area contributed by atoms with Crippen LogP contribution >= 0.6 is 0 Å². The number of hydrogen-bond donors (Lipinski definition) is 3. The molecule has 4 rings (SSSR count). The highest BCUT2D eigenvalue weighted by atomic mass is 16.3. The summed E-state index contributed by atoms with van der Waals surface area (Å²) in [6, 6.07) is 21.5. The summed E-state index contributed by atoms with van der Waals surface area (Å²) in [6.45, 7) is 0.453. The Bertz CT molecular complexity index is 1140. The molecule has 0 saturated carbocycles. The highest BCUT2D eigenvalue weighted by Crippen LogP contribution is 2.15. The zero-order chi connectivity index (χ0) is 21.5. The first kappa shape index (κ1) is 20.0. The van der Waals surface area contributed by atoms with E-state index in [0.29, 0.717) is 24.3 Å². The van der Waals surface area contributed by atoms with Crippen LogP contribution in [0.1, 0.15) is 16.2 Å². The van der Waals surface area contributed by atoms with Crippen LogP contribution in [0.5, 0.6) is 0 Å². The first-order valence-electron chi connectivity index (χ1n) is 9.77. The standard InChI is InChI=1S/C23H21N5O3/c29-22(21-7-4-16-31-21)25-17-8-10-18(11-9-17)26-23(30)24-14-12-19-13-15-28(27-19)20-5-2-1-3-6-20/h1-11,13,15-16H,12,14H2,(H,25,29)(H2,24,26,30). The second-order valence-corrected chi connectivity index (χ2v) is 6.73. The Balaban J connectivity index is 1.22. The van der Waals surface area contributed by atoms with E-state index >= 15 is 0 Å². The summed E-state index contributed by atoms with van der Waals surface area (Å²) < 4.78 is 6.86. The minimum Gasteiger partial charge on any atom is -0.459 e. The van der Waals surface area contributed by atoms with Crippen molar-refractivity contribution in [2.75, 3.05) is 17.2 Å². The molecule has 0 unspecified atom stereocenters. The second-order valence-electron chi connectivity index (χ2n) is 6.73. The molecule has 0 spiro atoms. The van der Waals surface area contributed by atoms with Gasteiger partial charge in [-0.05, 0) is 54.6 Å². The predicted octanol–water partition coefficient (Wildman–Crippen LogP) is 4.08. The molecule has 0 aliphatic carbocycles. The number of carbonyl (C=O) groups is 2. The van der Waals surface area contributed by atoms with Crippen molar-refractivity contribution in [1.29, 1.82) is 0 Å². The molecular formula is C23H21N5O3. The summed E-state index contributed by atoms with van der Waals surface area (Å²) in [6.07, 6.45) is 3.96. The van der Waals surface area contributed by atoms with Gasteiger partial charge < -0.3 is 20.4 Å². The fraction of sp³-hybridized carbons (Fsp3) is 0.0870. The Hall–Kier alpha value is -4.33. The predicted molar refractivity (Wildman–Crippen MR) is 117 cm³/mol. The lowest BCUT2D eigenvalue weighted by Crippen LogP contribution is -2.30. The molecule has 3 amide bonds. The zero-order valence-electron chi connectivity index (χ0n) is 16.6. The molecule has 8 heteroatoms. The van der Waals surface area contributed by atoms with Crippen molar-refractivity contribution in [3.63, 3.8) is 0 Å². The van der Waals surface area contributed by atoms with Gasteiger partial charge in [0.25, 0.3) is 5.91 Å². The Labute approximate surface area is 178 Å². The molecule has 0 aliphatic heterocycles. The Morgan fingerprint density at radius 1 is 0.871 bits per heavy atom. The SMILES string of the molecule is O=C(NCCc1ccn(-c2ccccc2)n1)Nc1ccc(NC(=O)c2ccco2)cc1. The molecule has 4 aromatic rings. The quantitative estimate of drug-likeness (QED) is 0.423. The lowest BCUT2D eigenvalue weighted by Gasteiger charge is -2.08. The summed E-state index contributed by atoms with van der Waals surface area (Å²) in [5.41, 5.74) is 3.09. The van der Waals surface area contributed by atoms with Crippen molar-refractivity contribution in [1.82, 2.24) is 15.1 Å².